The minimum absolute atomic E-state index is 0.0966. The van der Waals surface area contributed by atoms with Crippen molar-refractivity contribution in [3.8, 4) is 0 Å². The van der Waals surface area contributed by atoms with Crippen LogP contribution in [-0.4, -0.2) is 46.4 Å². The number of halogens is 1. The van der Waals surface area contributed by atoms with Gasteiger partial charge in [-0.3, -0.25) is 9.69 Å². The van der Waals surface area contributed by atoms with Gasteiger partial charge in [-0.1, -0.05) is 26.0 Å². The first-order valence-electron chi connectivity index (χ1n) is 9.13. The summed E-state index contributed by atoms with van der Waals surface area (Å²) in [7, 11) is 0. The maximum absolute atomic E-state index is 13.2. The summed E-state index contributed by atoms with van der Waals surface area (Å²) in [6.07, 6.45) is 0.938. The first-order chi connectivity index (χ1) is 12.5. The van der Waals surface area contributed by atoms with Gasteiger partial charge in [0.1, 0.15) is 10.7 Å². The number of carbonyl (C=O) groups is 1. The number of amides is 1. The molecule has 2 heterocycles. The summed E-state index contributed by atoms with van der Waals surface area (Å²) in [5.74, 6) is 0.312. The summed E-state index contributed by atoms with van der Waals surface area (Å²) in [5, 5.41) is 0. The second kappa shape index (κ2) is 8.27. The third-order valence-corrected chi connectivity index (χ3v) is 5.96. The van der Waals surface area contributed by atoms with Gasteiger partial charge >= 0.3 is 0 Å². The quantitative estimate of drug-likeness (QED) is 0.811. The minimum Gasteiger partial charge on any atom is -0.336 e. The van der Waals surface area contributed by atoms with Crippen molar-refractivity contribution in [1.82, 2.24) is 14.8 Å². The fourth-order valence-corrected chi connectivity index (χ4v) is 4.32. The third-order valence-electron chi connectivity index (χ3n) is 5.05. The van der Waals surface area contributed by atoms with Crippen molar-refractivity contribution >= 4 is 17.2 Å². The Morgan fingerprint density at radius 2 is 2.04 bits per heavy atom. The first kappa shape index (κ1) is 19.0. The minimum atomic E-state index is -0.207. The largest absolute Gasteiger partial charge is 0.336 e. The van der Waals surface area contributed by atoms with Crippen LogP contribution in [0.2, 0.25) is 0 Å². The van der Waals surface area contributed by atoms with Gasteiger partial charge in [0.05, 0.1) is 11.2 Å². The Labute approximate surface area is 158 Å². The molecule has 1 amide bonds. The Morgan fingerprint density at radius 3 is 2.65 bits per heavy atom. The number of thiazole rings is 1. The van der Waals surface area contributed by atoms with Crippen molar-refractivity contribution in [2.45, 2.75) is 39.8 Å². The van der Waals surface area contributed by atoms with Crippen LogP contribution in [-0.2, 0) is 6.54 Å². The predicted molar refractivity (Wildman–Crippen MR) is 103 cm³/mol. The fourth-order valence-electron chi connectivity index (χ4n) is 3.55. The van der Waals surface area contributed by atoms with E-state index in [1.54, 1.807) is 5.51 Å². The molecule has 0 spiro atoms. The van der Waals surface area contributed by atoms with Crippen LogP contribution in [0.3, 0.4) is 0 Å². The molecule has 1 unspecified atom stereocenters. The van der Waals surface area contributed by atoms with Gasteiger partial charge in [0.25, 0.3) is 5.91 Å². The summed E-state index contributed by atoms with van der Waals surface area (Å²) in [6, 6.07) is 7.00. The SMILES string of the molecule is Cc1ncsc1C(=O)N1CCCN(Cc2ccc(F)cc2)C(C(C)C)C1. The Morgan fingerprint density at radius 1 is 1.31 bits per heavy atom. The number of hydrogen-bond acceptors (Lipinski definition) is 4. The Hall–Kier alpha value is -1.79. The highest BCUT2D eigenvalue weighted by molar-refractivity contribution is 7.11. The van der Waals surface area contributed by atoms with Gasteiger partial charge in [0.2, 0.25) is 0 Å². The smallest absolute Gasteiger partial charge is 0.265 e. The molecule has 26 heavy (non-hydrogen) atoms. The number of aromatic nitrogens is 1. The zero-order chi connectivity index (χ0) is 18.7. The molecule has 0 saturated carbocycles. The predicted octanol–water partition coefficient (Wildman–Crippen LogP) is 3.96. The lowest BCUT2D eigenvalue weighted by molar-refractivity contribution is 0.0706. The molecule has 1 aliphatic rings. The van der Waals surface area contributed by atoms with Crippen LogP contribution >= 0.6 is 11.3 Å². The molecule has 0 aliphatic carbocycles. The van der Waals surface area contributed by atoms with Gasteiger partial charge in [-0.15, -0.1) is 11.3 Å². The molecule has 1 aromatic heterocycles. The van der Waals surface area contributed by atoms with Crippen LogP contribution in [0.4, 0.5) is 4.39 Å². The summed E-state index contributed by atoms with van der Waals surface area (Å²) in [6.45, 7) is 9.50. The van der Waals surface area contributed by atoms with Crippen LogP contribution in [0.1, 0.15) is 41.2 Å². The van der Waals surface area contributed by atoms with E-state index in [4.69, 9.17) is 0 Å². The molecule has 4 nitrogen and oxygen atoms in total. The van der Waals surface area contributed by atoms with Crippen molar-refractivity contribution in [2.75, 3.05) is 19.6 Å². The molecule has 1 aliphatic heterocycles. The highest BCUT2D eigenvalue weighted by Gasteiger charge is 2.30. The van der Waals surface area contributed by atoms with Crippen LogP contribution in [0, 0.1) is 18.7 Å². The summed E-state index contributed by atoms with van der Waals surface area (Å²) < 4.78 is 13.2. The summed E-state index contributed by atoms with van der Waals surface area (Å²) in [4.78, 5) is 22.3. The second-order valence-electron chi connectivity index (χ2n) is 7.28. The van der Waals surface area contributed by atoms with E-state index in [0.717, 1.165) is 48.7 Å². The molecule has 0 N–H and O–H groups in total. The number of rotatable bonds is 4. The molecular formula is C20H26FN3OS. The van der Waals surface area contributed by atoms with Crippen LogP contribution in [0.5, 0.6) is 0 Å². The Balaban J connectivity index is 1.76. The van der Waals surface area contributed by atoms with Crippen molar-refractivity contribution in [3.05, 3.63) is 51.7 Å². The average Bonchev–Trinajstić information content (AvgIpc) is 2.92. The standard InChI is InChI=1S/C20H26FN3OS/c1-14(2)18-12-24(20(25)19-15(3)22-13-26-19)10-4-9-23(18)11-16-5-7-17(21)8-6-16/h5-8,13-14,18H,4,9-12H2,1-3H3. The van der Waals surface area contributed by atoms with E-state index in [2.05, 4.69) is 23.7 Å². The molecule has 1 aromatic carbocycles. The number of aryl methyl sites for hydroxylation is 1. The highest BCUT2D eigenvalue weighted by atomic mass is 32.1. The van der Waals surface area contributed by atoms with Gasteiger partial charge < -0.3 is 4.90 Å². The van der Waals surface area contributed by atoms with Gasteiger partial charge in [-0.05, 0) is 37.0 Å². The second-order valence-corrected chi connectivity index (χ2v) is 8.13. The van der Waals surface area contributed by atoms with Crippen LogP contribution in [0.15, 0.2) is 29.8 Å². The molecular weight excluding hydrogens is 349 g/mol. The topological polar surface area (TPSA) is 36.4 Å². The fraction of sp³-hybridized carbons (Fsp3) is 0.500. The van der Waals surface area contributed by atoms with E-state index < -0.39 is 0 Å². The molecule has 140 valence electrons. The van der Waals surface area contributed by atoms with Crippen molar-refractivity contribution in [2.24, 2.45) is 5.92 Å². The normalized spacial score (nSPS) is 19.0. The molecule has 1 fully saturated rings. The van der Waals surface area contributed by atoms with E-state index in [0.29, 0.717) is 5.92 Å². The number of hydrogen-bond donors (Lipinski definition) is 0. The monoisotopic (exact) mass is 375 g/mol. The zero-order valence-electron chi connectivity index (χ0n) is 15.6. The van der Waals surface area contributed by atoms with Gasteiger partial charge in [-0.2, -0.15) is 0 Å². The Bertz CT molecular complexity index is 744. The first-order valence-corrected chi connectivity index (χ1v) is 10.0. The van der Waals surface area contributed by atoms with E-state index in [9.17, 15) is 9.18 Å². The number of carbonyl (C=O) groups excluding carboxylic acids is 1. The average molecular weight is 376 g/mol. The lowest BCUT2D eigenvalue weighted by atomic mass is 10.0. The number of nitrogens with zero attached hydrogens (tertiary/aromatic N) is 3. The van der Waals surface area contributed by atoms with Gasteiger partial charge in [0, 0.05) is 32.2 Å². The van der Waals surface area contributed by atoms with E-state index in [1.807, 2.05) is 24.0 Å². The van der Waals surface area contributed by atoms with E-state index in [1.165, 1.54) is 23.5 Å². The summed E-state index contributed by atoms with van der Waals surface area (Å²) in [5.41, 5.74) is 3.66. The van der Waals surface area contributed by atoms with Crippen molar-refractivity contribution < 1.29 is 9.18 Å². The van der Waals surface area contributed by atoms with Gasteiger partial charge in [0.15, 0.2) is 0 Å². The highest BCUT2D eigenvalue weighted by Crippen LogP contribution is 2.23. The van der Waals surface area contributed by atoms with E-state index >= 15 is 0 Å². The zero-order valence-corrected chi connectivity index (χ0v) is 16.4. The Kier molecular flexibility index (Phi) is 6.04. The molecule has 6 heteroatoms. The van der Waals surface area contributed by atoms with Crippen molar-refractivity contribution in [1.29, 1.82) is 0 Å². The van der Waals surface area contributed by atoms with Crippen LogP contribution < -0.4 is 0 Å². The molecule has 2 aromatic rings. The maximum Gasteiger partial charge on any atom is 0.265 e. The molecule has 0 bridgehead atoms. The molecule has 1 atom stereocenters. The van der Waals surface area contributed by atoms with Crippen LogP contribution in [0.25, 0.3) is 0 Å². The van der Waals surface area contributed by atoms with E-state index in [-0.39, 0.29) is 17.8 Å². The molecule has 3 rings (SSSR count). The van der Waals surface area contributed by atoms with Crippen molar-refractivity contribution in [3.63, 3.8) is 0 Å². The maximum atomic E-state index is 13.2. The lowest BCUT2D eigenvalue weighted by Crippen LogP contribution is -2.45. The van der Waals surface area contributed by atoms with Gasteiger partial charge in [-0.25, -0.2) is 9.37 Å². The molecule has 0 radical (unpaired) electrons. The summed E-state index contributed by atoms with van der Waals surface area (Å²) >= 11 is 1.42. The number of benzene rings is 1. The third kappa shape index (κ3) is 4.30. The molecule has 1 saturated heterocycles. The lowest BCUT2D eigenvalue weighted by Gasteiger charge is -2.34.